The summed E-state index contributed by atoms with van der Waals surface area (Å²) in [6, 6.07) is 16.4. The molecule has 1 heterocycles. The van der Waals surface area contributed by atoms with Gasteiger partial charge >= 0.3 is 0 Å². The minimum absolute atomic E-state index is 0.0286. The van der Waals surface area contributed by atoms with E-state index in [4.69, 9.17) is 11.6 Å². The van der Waals surface area contributed by atoms with Gasteiger partial charge in [-0.2, -0.15) is 0 Å². The Kier molecular flexibility index (Phi) is 6.49. The van der Waals surface area contributed by atoms with Crippen molar-refractivity contribution in [1.29, 1.82) is 0 Å². The molecule has 2 aromatic carbocycles. The van der Waals surface area contributed by atoms with E-state index in [1.54, 1.807) is 6.07 Å². The lowest BCUT2D eigenvalue weighted by Gasteiger charge is -2.28. The van der Waals surface area contributed by atoms with E-state index in [1.807, 2.05) is 42.5 Å². The molecule has 0 spiro atoms. The highest BCUT2D eigenvalue weighted by Crippen LogP contribution is 2.21. The van der Waals surface area contributed by atoms with Crippen molar-refractivity contribution in [3.05, 3.63) is 81.1 Å². The fourth-order valence-electron chi connectivity index (χ4n) is 3.66. The molecule has 3 rings (SSSR count). The summed E-state index contributed by atoms with van der Waals surface area (Å²) >= 11 is 6.44. The van der Waals surface area contributed by atoms with Gasteiger partial charge in [0.15, 0.2) is 0 Å². The van der Waals surface area contributed by atoms with E-state index in [1.165, 1.54) is 11.0 Å². The number of fused-ring (bicyclic) bond motifs is 1. The zero-order chi connectivity index (χ0) is 20.1. The highest BCUT2D eigenvalue weighted by molar-refractivity contribution is 6.31. The third-order valence-corrected chi connectivity index (χ3v) is 5.49. The zero-order valence-electron chi connectivity index (χ0n) is 16.1. The van der Waals surface area contributed by atoms with Crippen LogP contribution in [0.15, 0.2) is 59.4 Å². The molecule has 0 saturated heterocycles. The average Bonchev–Trinajstić information content (AvgIpc) is 2.71. The number of halogens is 1. The Labute approximate surface area is 169 Å². The number of para-hydroxylation sites is 1. The Morgan fingerprint density at radius 1 is 1.11 bits per heavy atom. The molecule has 5 nitrogen and oxygen atoms in total. The number of pyridine rings is 1. The highest BCUT2D eigenvalue weighted by atomic mass is 35.5. The van der Waals surface area contributed by atoms with Gasteiger partial charge in [-0.1, -0.05) is 48.0 Å². The van der Waals surface area contributed by atoms with Crippen LogP contribution in [0.2, 0.25) is 5.02 Å². The van der Waals surface area contributed by atoms with Gasteiger partial charge < -0.3 is 15.2 Å². The third-order valence-electron chi connectivity index (χ3n) is 5.14. The first kappa shape index (κ1) is 20.1. The summed E-state index contributed by atoms with van der Waals surface area (Å²) in [6.07, 6.45) is 0. The first-order valence-electron chi connectivity index (χ1n) is 9.54. The first-order valence-corrected chi connectivity index (χ1v) is 9.92. The number of hydrogen-bond donors (Lipinski definition) is 3. The minimum Gasteiger partial charge on any atom is -0.346 e. The van der Waals surface area contributed by atoms with Crippen LogP contribution in [0.3, 0.4) is 0 Å². The Bertz CT molecular complexity index is 1030. The summed E-state index contributed by atoms with van der Waals surface area (Å²) in [5, 5.41) is 4.45. The number of amides is 1. The minimum atomic E-state index is -0.291. The lowest BCUT2D eigenvalue weighted by molar-refractivity contribution is -0.927. The first-order chi connectivity index (χ1) is 13.5. The Balaban J connectivity index is 1.89. The van der Waals surface area contributed by atoms with E-state index in [-0.39, 0.29) is 17.5 Å². The number of rotatable bonds is 7. The average molecular weight is 399 g/mol. The van der Waals surface area contributed by atoms with Crippen molar-refractivity contribution in [2.24, 2.45) is 0 Å². The number of benzene rings is 2. The van der Waals surface area contributed by atoms with Crippen LogP contribution in [0, 0.1) is 0 Å². The molecule has 0 fully saturated rings. The fraction of sp³-hybridized carbons (Fsp3) is 0.273. The van der Waals surface area contributed by atoms with Gasteiger partial charge in [-0.25, -0.2) is 0 Å². The molecule has 3 N–H and O–H groups in total. The van der Waals surface area contributed by atoms with E-state index in [0.717, 1.165) is 24.0 Å². The van der Waals surface area contributed by atoms with Crippen LogP contribution < -0.4 is 15.8 Å². The smallest absolute Gasteiger partial charge is 0.252 e. The van der Waals surface area contributed by atoms with Gasteiger partial charge in [0.1, 0.15) is 6.04 Å². The predicted octanol–water partition coefficient (Wildman–Crippen LogP) is 2.58. The van der Waals surface area contributed by atoms with E-state index < -0.39 is 0 Å². The van der Waals surface area contributed by atoms with E-state index in [0.29, 0.717) is 22.6 Å². The van der Waals surface area contributed by atoms with Gasteiger partial charge in [-0.15, -0.1) is 0 Å². The molecule has 1 amide bonds. The maximum Gasteiger partial charge on any atom is 0.252 e. The van der Waals surface area contributed by atoms with Crippen LogP contribution in [0.5, 0.6) is 0 Å². The molecule has 28 heavy (non-hydrogen) atoms. The van der Waals surface area contributed by atoms with Crippen molar-refractivity contribution in [3.63, 3.8) is 0 Å². The van der Waals surface area contributed by atoms with E-state index in [2.05, 4.69) is 24.1 Å². The predicted molar refractivity (Wildman–Crippen MR) is 113 cm³/mol. The van der Waals surface area contributed by atoms with Crippen molar-refractivity contribution >= 4 is 28.4 Å². The Hall–Kier alpha value is -2.63. The second-order valence-electron chi connectivity index (χ2n) is 6.74. The lowest BCUT2D eigenvalue weighted by Crippen LogP contribution is -3.12. The van der Waals surface area contributed by atoms with Gasteiger partial charge in [0.25, 0.3) is 5.91 Å². The number of aromatic nitrogens is 1. The van der Waals surface area contributed by atoms with Crippen molar-refractivity contribution in [1.82, 2.24) is 10.3 Å². The molecule has 6 heteroatoms. The number of H-pyrrole nitrogens is 1. The summed E-state index contributed by atoms with van der Waals surface area (Å²) in [5.41, 5.74) is 1.75. The topological polar surface area (TPSA) is 66.4 Å². The maximum atomic E-state index is 12.9. The molecule has 0 aliphatic rings. The largest absolute Gasteiger partial charge is 0.346 e. The summed E-state index contributed by atoms with van der Waals surface area (Å²) in [7, 11) is 0. The molecule has 1 atom stereocenters. The van der Waals surface area contributed by atoms with Crippen LogP contribution in [0.25, 0.3) is 10.9 Å². The van der Waals surface area contributed by atoms with Crippen molar-refractivity contribution in [3.8, 4) is 0 Å². The molecule has 0 radical (unpaired) electrons. The molecule has 0 unspecified atom stereocenters. The van der Waals surface area contributed by atoms with Crippen LogP contribution >= 0.6 is 11.6 Å². The molecule has 146 valence electrons. The molecule has 3 aromatic rings. The van der Waals surface area contributed by atoms with Crippen LogP contribution in [0.4, 0.5) is 0 Å². The monoisotopic (exact) mass is 398 g/mol. The van der Waals surface area contributed by atoms with E-state index >= 15 is 0 Å². The molecular formula is C22H25ClN3O2+. The summed E-state index contributed by atoms with van der Waals surface area (Å²) in [5.74, 6) is -0.258. The maximum absolute atomic E-state index is 12.9. The lowest BCUT2D eigenvalue weighted by atomic mass is 10.0. The summed E-state index contributed by atoms with van der Waals surface area (Å²) < 4.78 is 0. The Morgan fingerprint density at radius 3 is 2.50 bits per heavy atom. The number of carbonyl (C=O) groups excluding carboxylic acids is 1. The van der Waals surface area contributed by atoms with Crippen LogP contribution in [-0.4, -0.2) is 30.5 Å². The second kappa shape index (κ2) is 9.04. The van der Waals surface area contributed by atoms with Crippen LogP contribution in [-0.2, 0) is 0 Å². The third kappa shape index (κ3) is 4.26. The summed E-state index contributed by atoms with van der Waals surface area (Å²) in [4.78, 5) is 29.0. The van der Waals surface area contributed by atoms with Gasteiger partial charge in [-0.3, -0.25) is 9.59 Å². The normalized spacial score (nSPS) is 12.3. The number of aromatic amines is 1. The SMILES string of the molecule is CC[NH+](CC)[C@@H](CNC(=O)c1cc(=O)[nH]c2ccccc12)c1ccccc1Cl. The summed E-state index contributed by atoms with van der Waals surface area (Å²) in [6.45, 7) is 6.50. The molecule has 0 aliphatic heterocycles. The van der Waals surface area contributed by atoms with Gasteiger partial charge in [0.2, 0.25) is 5.56 Å². The van der Waals surface area contributed by atoms with Crippen molar-refractivity contribution < 1.29 is 9.69 Å². The number of hydrogen-bond acceptors (Lipinski definition) is 2. The van der Waals surface area contributed by atoms with E-state index in [9.17, 15) is 9.59 Å². The molecule has 0 aliphatic carbocycles. The van der Waals surface area contributed by atoms with Crippen molar-refractivity contribution in [2.75, 3.05) is 19.6 Å². The fourth-order valence-corrected chi connectivity index (χ4v) is 3.92. The number of carbonyl (C=O) groups is 1. The van der Waals surface area contributed by atoms with Gasteiger partial charge in [-0.05, 0) is 26.0 Å². The number of quaternary nitrogens is 1. The molecule has 0 saturated carbocycles. The zero-order valence-corrected chi connectivity index (χ0v) is 16.8. The number of nitrogens with one attached hydrogen (secondary N) is 3. The van der Waals surface area contributed by atoms with Gasteiger partial charge in [0.05, 0.1) is 25.2 Å². The van der Waals surface area contributed by atoms with Gasteiger partial charge in [0, 0.05) is 27.6 Å². The molecular weight excluding hydrogens is 374 g/mol. The standard InChI is InChI=1S/C22H24ClN3O2/c1-3-26(4-2)20(16-10-5-7-11-18(16)23)14-24-22(28)17-13-21(27)25-19-12-8-6-9-15(17)19/h5-13,20H,3-4,14H2,1-2H3,(H,24,28)(H,25,27)/p+1/t20-/m0/s1. The highest BCUT2D eigenvalue weighted by Gasteiger charge is 2.25. The molecule has 1 aromatic heterocycles. The molecule has 0 bridgehead atoms. The number of likely N-dealkylation sites (N-methyl/N-ethyl adjacent to an activating group) is 1. The van der Waals surface area contributed by atoms with Crippen LogP contribution in [0.1, 0.15) is 35.8 Å². The Morgan fingerprint density at radius 2 is 1.79 bits per heavy atom. The van der Waals surface area contributed by atoms with Crippen molar-refractivity contribution in [2.45, 2.75) is 19.9 Å². The quantitative estimate of drug-likeness (QED) is 0.572. The second-order valence-corrected chi connectivity index (χ2v) is 7.15.